The summed E-state index contributed by atoms with van der Waals surface area (Å²) in [6.07, 6.45) is 2.63. The summed E-state index contributed by atoms with van der Waals surface area (Å²) >= 11 is 5.99. The minimum Gasteiger partial charge on any atom is -0.318 e. The van der Waals surface area contributed by atoms with Crippen LogP contribution in [0.5, 0.6) is 0 Å². The lowest BCUT2D eigenvalue weighted by molar-refractivity contribution is 0.242. The molecule has 1 N–H and O–H groups in total. The zero-order chi connectivity index (χ0) is 12.3. The van der Waals surface area contributed by atoms with Crippen molar-refractivity contribution in [2.45, 2.75) is 32.4 Å². The van der Waals surface area contributed by atoms with Crippen LogP contribution in [-0.2, 0) is 6.54 Å². The van der Waals surface area contributed by atoms with Gasteiger partial charge in [-0.2, -0.15) is 0 Å². The Hall–Kier alpha value is -0.570. The number of aryl methyl sites for hydroxylation is 1. The van der Waals surface area contributed by atoms with Crippen molar-refractivity contribution < 1.29 is 0 Å². The molecule has 0 saturated carbocycles. The Morgan fingerprint density at radius 1 is 1.47 bits per heavy atom. The van der Waals surface area contributed by atoms with Gasteiger partial charge in [0.1, 0.15) is 0 Å². The summed E-state index contributed by atoms with van der Waals surface area (Å²) in [5, 5.41) is 4.12. The second-order valence-corrected chi connectivity index (χ2v) is 5.33. The number of hydrogen-bond acceptors (Lipinski definition) is 2. The first kappa shape index (κ1) is 12.9. The molecule has 1 heterocycles. The Morgan fingerprint density at radius 2 is 2.29 bits per heavy atom. The molecule has 3 heteroatoms. The maximum atomic E-state index is 5.99. The van der Waals surface area contributed by atoms with Crippen LogP contribution in [-0.4, -0.2) is 31.1 Å². The Bertz CT molecular complexity index is 378. The van der Waals surface area contributed by atoms with E-state index >= 15 is 0 Å². The van der Waals surface area contributed by atoms with Crippen LogP contribution in [0.25, 0.3) is 0 Å². The first-order valence-corrected chi connectivity index (χ1v) is 6.72. The van der Waals surface area contributed by atoms with Crippen LogP contribution < -0.4 is 5.32 Å². The number of rotatable bonds is 4. The van der Waals surface area contributed by atoms with E-state index in [1.807, 2.05) is 13.1 Å². The van der Waals surface area contributed by atoms with E-state index in [0.29, 0.717) is 6.04 Å². The quantitative estimate of drug-likeness (QED) is 0.887. The highest BCUT2D eigenvalue weighted by atomic mass is 35.5. The van der Waals surface area contributed by atoms with Gasteiger partial charge in [-0.3, -0.25) is 4.90 Å². The number of likely N-dealkylation sites (N-methyl/N-ethyl adjacent to an activating group) is 1. The molecule has 17 heavy (non-hydrogen) atoms. The van der Waals surface area contributed by atoms with Crippen molar-refractivity contribution in [1.82, 2.24) is 10.2 Å². The number of nitrogens with zero attached hydrogens (tertiary/aromatic N) is 1. The molecular weight excluding hydrogens is 232 g/mol. The van der Waals surface area contributed by atoms with Crippen molar-refractivity contribution >= 4 is 11.6 Å². The molecule has 1 aliphatic heterocycles. The van der Waals surface area contributed by atoms with E-state index in [-0.39, 0.29) is 0 Å². The molecule has 1 atom stereocenters. The molecule has 2 nitrogen and oxygen atoms in total. The van der Waals surface area contributed by atoms with Gasteiger partial charge >= 0.3 is 0 Å². The van der Waals surface area contributed by atoms with Gasteiger partial charge in [0.2, 0.25) is 0 Å². The fraction of sp³-hybridized carbons (Fsp3) is 0.571. The van der Waals surface area contributed by atoms with Gasteiger partial charge in [-0.05, 0) is 56.6 Å². The standard InChI is InChI=1S/C14H21ClN2/c1-11-8-13(15)6-5-12(11)10-17-7-3-4-14(17)9-16-2/h5-6,8,14,16H,3-4,7,9-10H2,1-2H3. The summed E-state index contributed by atoms with van der Waals surface area (Å²) in [5.74, 6) is 0. The van der Waals surface area contributed by atoms with E-state index < -0.39 is 0 Å². The Labute approximate surface area is 109 Å². The predicted molar refractivity (Wildman–Crippen MR) is 73.5 cm³/mol. The van der Waals surface area contributed by atoms with Gasteiger partial charge in [0.25, 0.3) is 0 Å². The van der Waals surface area contributed by atoms with Crippen LogP contribution in [0.2, 0.25) is 5.02 Å². The minimum absolute atomic E-state index is 0.690. The number of likely N-dealkylation sites (tertiary alicyclic amines) is 1. The SMILES string of the molecule is CNCC1CCCN1Cc1ccc(Cl)cc1C. The van der Waals surface area contributed by atoms with Gasteiger partial charge in [0.15, 0.2) is 0 Å². The molecule has 1 aromatic rings. The van der Waals surface area contributed by atoms with Crippen molar-refractivity contribution in [1.29, 1.82) is 0 Å². The Balaban J connectivity index is 2.04. The molecule has 1 aromatic carbocycles. The number of benzene rings is 1. The highest BCUT2D eigenvalue weighted by molar-refractivity contribution is 6.30. The van der Waals surface area contributed by atoms with Crippen LogP contribution in [0.4, 0.5) is 0 Å². The molecule has 0 aromatic heterocycles. The van der Waals surface area contributed by atoms with E-state index in [0.717, 1.165) is 18.1 Å². The van der Waals surface area contributed by atoms with Crippen molar-refractivity contribution in [2.24, 2.45) is 0 Å². The zero-order valence-corrected chi connectivity index (χ0v) is 11.4. The minimum atomic E-state index is 0.690. The van der Waals surface area contributed by atoms with Gasteiger partial charge in [0, 0.05) is 24.2 Å². The van der Waals surface area contributed by atoms with E-state index in [1.54, 1.807) is 0 Å². The number of nitrogens with one attached hydrogen (secondary N) is 1. The van der Waals surface area contributed by atoms with Crippen molar-refractivity contribution in [3.05, 3.63) is 34.3 Å². The second kappa shape index (κ2) is 5.85. The van der Waals surface area contributed by atoms with Gasteiger partial charge in [0.05, 0.1) is 0 Å². The molecule has 0 aliphatic carbocycles. The zero-order valence-electron chi connectivity index (χ0n) is 10.7. The molecule has 0 bridgehead atoms. The van der Waals surface area contributed by atoms with E-state index in [4.69, 9.17) is 11.6 Å². The molecular formula is C14H21ClN2. The number of halogens is 1. The summed E-state index contributed by atoms with van der Waals surface area (Å²) in [4.78, 5) is 2.58. The maximum absolute atomic E-state index is 5.99. The molecule has 0 radical (unpaired) electrons. The lowest BCUT2D eigenvalue weighted by Crippen LogP contribution is -2.36. The van der Waals surface area contributed by atoms with Crippen LogP contribution in [0.3, 0.4) is 0 Å². The monoisotopic (exact) mass is 252 g/mol. The van der Waals surface area contributed by atoms with E-state index in [9.17, 15) is 0 Å². The molecule has 2 rings (SSSR count). The summed E-state index contributed by atoms with van der Waals surface area (Å²) in [5.41, 5.74) is 2.70. The Morgan fingerprint density at radius 3 is 3.00 bits per heavy atom. The fourth-order valence-corrected chi connectivity index (χ4v) is 2.85. The molecule has 94 valence electrons. The topological polar surface area (TPSA) is 15.3 Å². The lowest BCUT2D eigenvalue weighted by Gasteiger charge is -2.25. The average Bonchev–Trinajstić information content (AvgIpc) is 2.71. The van der Waals surface area contributed by atoms with Crippen LogP contribution >= 0.6 is 11.6 Å². The summed E-state index contributed by atoms with van der Waals surface area (Å²) in [6, 6.07) is 6.90. The molecule has 0 amide bonds. The third kappa shape index (κ3) is 3.21. The summed E-state index contributed by atoms with van der Waals surface area (Å²) in [7, 11) is 2.03. The summed E-state index contributed by atoms with van der Waals surface area (Å²) in [6.45, 7) is 5.50. The first-order chi connectivity index (χ1) is 8.20. The van der Waals surface area contributed by atoms with Crippen molar-refractivity contribution in [3.63, 3.8) is 0 Å². The van der Waals surface area contributed by atoms with Gasteiger partial charge in [-0.25, -0.2) is 0 Å². The maximum Gasteiger partial charge on any atom is 0.0408 e. The van der Waals surface area contributed by atoms with E-state index in [2.05, 4.69) is 29.3 Å². The van der Waals surface area contributed by atoms with Crippen LogP contribution in [0, 0.1) is 6.92 Å². The van der Waals surface area contributed by atoms with Gasteiger partial charge in [-0.15, -0.1) is 0 Å². The summed E-state index contributed by atoms with van der Waals surface area (Å²) < 4.78 is 0. The van der Waals surface area contributed by atoms with E-state index in [1.165, 1.54) is 30.5 Å². The van der Waals surface area contributed by atoms with Crippen LogP contribution in [0.15, 0.2) is 18.2 Å². The predicted octanol–water partition coefficient (Wildman–Crippen LogP) is 2.83. The lowest BCUT2D eigenvalue weighted by atomic mass is 10.1. The molecule has 1 unspecified atom stereocenters. The van der Waals surface area contributed by atoms with Gasteiger partial charge < -0.3 is 5.32 Å². The molecule has 1 saturated heterocycles. The third-order valence-electron chi connectivity index (χ3n) is 3.62. The third-order valence-corrected chi connectivity index (χ3v) is 3.85. The van der Waals surface area contributed by atoms with Crippen molar-refractivity contribution in [3.8, 4) is 0 Å². The average molecular weight is 253 g/mol. The molecule has 0 spiro atoms. The normalized spacial score (nSPS) is 21.0. The van der Waals surface area contributed by atoms with Crippen molar-refractivity contribution in [2.75, 3.05) is 20.1 Å². The first-order valence-electron chi connectivity index (χ1n) is 6.34. The Kier molecular flexibility index (Phi) is 4.43. The molecule has 1 fully saturated rings. The largest absolute Gasteiger partial charge is 0.318 e. The van der Waals surface area contributed by atoms with Crippen LogP contribution in [0.1, 0.15) is 24.0 Å². The molecule has 1 aliphatic rings. The smallest absolute Gasteiger partial charge is 0.0408 e. The highest BCUT2D eigenvalue weighted by Crippen LogP contribution is 2.22. The number of hydrogen-bond donors (Lipinski definition) is 1. The highest BCUT2D eigenvalue weighted by Gasteiger charge is 2.23. The fourth-order valence-electron chi connectivity index (χ4n) is 2.63. The van der Waals surface area contributed by atoms with Gasteiger partial charge in [-0.1, -0.05) is 17.7 Å². The second-order valence-electron chi connectivity index (χ2n) is 4.90.